The average molecular weight is 402 g/mol. The first-order valence-electron chi connectivity index (χ1n) is 8.14. The quantitative estimate of drug-likeness (QED) is 0.773. The van der Waals surface area contributed by atoms with Gasteiger partial charge in [0.1, 0.15) is 11.9 Å². The van der Waals surface area contributed by atoms with Gasteiger partial charge in [-0.15, -0.1) is 0 Å². The third-order valence-electron chi connectivity index (χ3n) is 4.35. The molecule has 0 spiro atoms. The van der Waals surface area contributed by atoms with Crippen molar-refractivity contribution in [2.75, 3.05) is 30.3 Å². The van der Waals surface area contributed by atoms with Crippen LogP contribution in [0.15, 0.2) is 18.2 Å². The maximum absolute atomic E-state index is 14.5. The lowest BCUT2D eigenvalue weighted by atomic mass is 9.96. The number of rotatable bonds is 4. The molecular formula is C16H19FN2O5S2-2. The molecular weight excluding hydrogens is 383 g/mol. The molecule has 2 unspecified atom stereocenters. The van der Waals surface area contributed by atoms with Crippen LogP contribution in [0.4, 0.5) is 14.9 Å². The fourth-order valence-corrected chi connectivity index (χ4v) is 4.12. The maximum Gasteiger partial charge on any atom is 0.414 e. The standard InChI is InChI=1S/C16H21FN2O5S2/c1-10(25)18-7-13-8-19(16(20)24-13)12-2-3-14(15(17)6-12)11-4-5-26(21,22)23-9-11/h2-3,6,11,13,21-22H,4-5,7-9H2,1H3,(H,18,25)/p-2. The number of cyclic esters (lactones) is 1. The predicted molar refractivity (Wildman–Crippen MR) is 97.6 cm³/mol. The third-order valence-corrected chi connectivity index (χ3v) is 5.73. The van der Waals surface area contributed by atoms with Crippen LogP contribution in [0.5, 0.6) is 0 Å². The second-order valence-electron chi connectivity index (χ2n) is 6.29. The molecule has 1 aromatic carbocycles. The number of hydrogen-bond donors (Lipinski definition) is 1. The highest BCUT2D eigenvalue weighted by Crippen LogP contribution is 2.47. The minimum Gasteiger partial charge on any atom is -0.803 e. The molecule has 2 aliphatic rings. The van der Waals surface area contributed by atoms with E-state index < -0.39 is 22.8 Å². The molecule has 0 aliphatic carbocycles. The zero-order valence-corrected chi connectivity index (χ0v) is 15.7. The van der Waals surface area contributed by atoms with Crippen LogP contribution < -0.4 is 10.2 Å². The number of hydrogen-bond acceptors (Lipinski definition) is 6. The van der Waals surface area contributed by atoms with E-state index in [1.165, 1.54) is 11.0 Å². The first-order valence-corrected chi connectivity index (χ1v) is 10.1. The van der Waals surface area contributed by atoms with Gasteiger partial charge in [-0.05, 0) is 36.8 Å². The minimum absolute atomic E-state index is 0.0744. The van der Waals surface area contributed by atoms with Crippen LogP contribution in [-0.4, -0.2) is 51.7 Å². The molecule has 2 aliphatic heterocycles. The Hall–Kier alpha value is -1.46. The van der Waals surface area contributed by atoms with Gasteiger partial charge < -0.3 is 23.3 Å². The molecule has 144 valence electrons. The molecule has 2 atom stereocenters. The summed E-state index contributed by atoms with van der Waals surface area (Å²) in [6, 6.07) is 4.46. The van der Waals surface area contributed by atoms with E-state index >= 15 is 0 Å². The molecule has 2 saturated heterocycles. The summed E-state index contributed by atoms with van der Waals surface area (Å²) >= 11 is 4.93. The number of benzene rings is 1. The normalized spacial score (nSPS) is 26.3. The molecule has 2 heterocycles. The van der Waals surface area contributed by atoms with E-state index in [-0.39, 0.29) is 30.9 Å². The number of carbonyl (C=O) groups is 1. The van der Waals surface area contributed by atoms with Gasteiger partial charge in [0.2, 0.25) is 0 Å². The number of thiocarbonyl (C=S) groups is 1. The summed E-state index contributed by atoms with van der Waals surface area (Å²) in [5.41, 5.74) is 0.771. The highest BCUT2D eigenvalue weighted by Gasteiger charge is 2.33. The van der Waals surface area contributed by atoms with Gasteiger partial charge in [-0.1, -0.05) is 18.3 Å². The van der Waals surface area contributed by atoms with Gasteiger partial charge >= 0.3 is 6.09 Å². The van der Waals surface area contributed by atoms with E-state index in [9.17, 15) is 18.3 Å². The van der Waals surface area contributed by atoms with E-state index in [4.69, 9.17) is 21.1 Å². The van der Waals surface area contributed by atoms with Gasteiger partial charge in [0.25, 0.3) is 0 Å². The molecule has 0 saturated carbocycles. The molecule has 1 aromatic rings. The smallest absolute Gasteiger partial charge is 0.414 e. The number of nitrogens with one attached hydrogen (secondary N) is 1. The molecule has 3 rings (SSSR count). The first kappa shape index (κ1) is 19.3. The van der Waals surface area contributed by atoms with Crippen molar-refractivity contribution in [3.63, 3.8) is 0 Å². The molecule has 1 N–H and O–H groups in total. The van der Waals surface area contributed by atoms with Crippen molar-refractivity contribution in [3.8, 4) is 0 Å². The van der Waals surface area contributed by atoms with Gasteiger partial charge in [-0.3, -0.25) is 15.8 Å². The maximum atomic E-state index is 14.5. The van der Waals surface area contributed by atoms with Crippen molar-refractivity contribution in [1.29, 1.82) is 0 Å². The van der Waals surface area contributed by atoms with Crippen LogP contribution in [0, 0.1) is 5.82 Å². The lowest BCUT2D eigenvalue weighted by molar-refractivity contribution is 0.143. The Morgan fingerprint density at radius 3 is 2.88 bits per heavy atom. The molecule has 7 nitrogen and oxygen atoms in total. The second-order valence-corrected chi connectivity index (χ2v) is 8.66. The third kappa shape index (κ3) is 4.44. The van der Waals surface area contributed by atoms with E-state index in [1.807, 2.05) is 0 Å². The molecule has 2 fully saturated rings. The first-order chi connectivity index (χ1) is 12.2. The number of halogens is 1. The Morgan fingerprint density at radius 1 is 1.50 bits per heavy atom. The van der Waals surface area contributed by atoms with Crippen LogP contribution in [0.2, 0.25) is 0 Å². The predicted octanol–water partition coefficient (Wildman–Crippen LogP) is 2.57. The van der Waals surface area contributed by atoms with E-state index in [1.54, 1.807) is 19.1 Å². The highest BCUT2D eigenvalue weighted by atomic mass is 32.3. The van der Waals surface area contributed by atoms with Crippen LogP contribution in [-0.2, 0) is 8.92 Å². The Kier molecular flexibility index (Phi) is 5.68. The molecule has 0 aromatic heterocycles. The zero-order valence-electron chi connectivity index (χ0n) is 14.1. The lowest BCUT2D eigenvalue weighted by Crippen LogP contribution is -2.32. The minimum atomic E-state index is -3.49. The van der Waals surface area contributed by atoms with Crippen molar-refractivity contribution in [2.45, 2.75) is 25.4 Å². The van der Waals surface area contributed by atoms with E-state index in [2.05, 4.69) is 5.32 Å². The van der Waals surface area contributed by atoms with Gasteiger partial charge in [0.15, 0.2) is 0 Å². The van der Waals surface area contributed by atoms with E-state index in [0.29, 0.717) is 29.2 Å². The number of nitrogens with zero attached hydrogens (tertiary/aromatic N) is 1. The van der Waals surface area contributed by atoms with Crippen LogP contribution in [0.3, 0.4) is 0 Å². The van der Waals surface area contributed by atoms with Gasteiger partial charge in [-0.2, -0.15) is 0 Å². The second kappa shape index (κ2) is 7.65. The van der Waals surface area contributed by atoms with E-state index in [0.717, 1.165) is 0 Å². The SMILES string of the molecule is CC(=S)NCC1CN(c2ccc(C3CCS([O-])([O-])OC3)c(F)c2)C(=O)O1. The molecule has 1 amide bonds. The Balaban J connectivity index is 1.68. The summed E-state index contributed by atoms with van der Waals surface area (Å²) in [6.45, 7) is 2.34. The monoisotopic (exact) mass is 402 g/mol. The van der Waals surface area contributed by atoms with Crippen molar-refractivity contribution in [3.05, 3.63) is 29.6 Å². The van der Waals surface area contributed by atoms with Crippen LogP contribution >= 0.6 is 23.1 Å². The fraction of sp³-hybridized carbons (Fsp3) is 0.500. The Morgan fingerprint density at radius 2 is 2.27 bits per heavy atom. The summed E-state index contributed by atoms with van der Waals surface area (Å²) in [4.78, 5) is 14.0. The lowest BCUT2D eigenvalue weighted by Gasteiger charge is -2.57. The Labute approximate surface area is 158 Å². The van der Waals surface area contributed by atoms with Crippen molar-refractivity contribution in [2.24, 2.45) is 0 Å². The number of carbonyl (C=O) groups excluding carboxylic acids is 1. The average Bonchev–Trinajstić information content (AvgIpc) is 2.94. The summed E-state index contributed by atoms with van der Waals surface area (Å²) in [5.74, 6) is -0.967. The zero-order chi connectivity index (χ0) is 18.9. The van der Waals surface area contributed by atoms with Crippen molar-refractivity contribution >= 4 is 39.9 Å². The number of anilines is 1. The number of ether oxygens (including phenoxy) is 1. The molecule has 26 heavy (non-hydrogen) atoms. The van der Waals surface area contributed by atoms with Crippen molar-refractivity contribution in [1.82, 2.24) is 5.32 Å². The van der Waals surface area contributed by atoms with Gasteiger partial charge in [0, 0.05) is 5.92 Å². The summed E-state index contributed by atoms with van der Waals surface area (Å²) < 4.78 is 47.2. The summed E-state index contributed by atoms with van der Waals surface area (Å²) in [5, 5.41) is 2.94. The highest BCUT2D eigenvalue weighted by molar-refractivity contribution is 8.20. The van der Waals surface area contributed by atoms with Gasteiger partial charge in [0.05, 0.1) is 30.4 Å². The summed E-state index contributed by atoms with van der Waals surface area (Å²) in [7, 11) is -3.49. The molecule has 10 heteroatoms. The molecule has 0 radical (unpaired) electrons. The van der Waals surface area contributed by atoms with Crippen LogP contribution in [0.25, 0.3) is 0 Å². The fourth-order valence-electron chi connectivity index (χ4n) is 2.97. The largest absolute Gasteiger partial charge is 0.803 e. The topological polar surface area (TPSA) is 96.9 Å². The number of amides is 1. The van der Waals surface area contributed by atoms with Crippen LogP contribution in [0.1, 0.15) is 24.8 Å². The molecule has 0 bridgehead atoms. The summed E-state index contributed by atoms with van der Waals surface area (Å²) in [6.07, 6.45) is -0.618. The Bertz CT molecular complexity index is 708. The van der Waals surface area contributed by atoms with Gasteiger partial charge in [-0.25, -0.2) is 9.18 Å². The van der Waals surface area contributed by atoms with Crippen molar-refractivity contribution < 1.29 is 27.2 Å².